The minimum absolute atomic E-state index is 0.0200. The molecule has 2 aromatic carbocycles. The number of hydrogen-bond acceptors (Lipinski definition) is 4. The Hall–Kier alpha value is -2.45. The van der Waals surface area contributed by atoms with Crippen molar-refractivity contribution in [1.29, 1.82) is 0 Å². The Kier molecular flexibility index (Phi) is 6.91. The van der Waals surface area contributed by atoms with Gasteiger partial charge in [-0.2, -0.15) is 0 Å². The molecule has 0 aliphatic carbocycles. The lowest BCUT2D eigenvalue weighted by atomic mass is 10.1. The Balaban J connectivity index is 1.87. The van der Waals surface area contributed by atoms with Crippen LogP contribution in [0.4, 0.5) is 0 Å². The van der Waals surface area contributed by atoms with E-state index in [9.17, 15) is 9.59 Å². The second-order valence-corrected chi connectivity index (χ2v) is 6.29. The number of thiocarbonyl (C=S) groups is 1. The summed E-state index contributed by atoms with van der Waals surface area (Å²) in [5.41, 5.74) is 6.13. The molecule has 3 N–H and O–H groups in total. The van der Waals surface area contributed by atoms with E-state index in [0.29, 0.717) is 11.3 Å². The van der Waals surface area contributed by atoms with Gasteiger partial charge in [-0.05, 0) is 36.0 Å². The first kappa shape index (κ1) is 18.9. The van der Waals surface area contributed by atoms with E-state index in [1.807, 2.05) is 30.3 Å². The van der Waals surface area contributed by atoms with Gasteiger partial charge in [0.1, 0.15) is 5.75 Å². The molecule has 25 heavy (non-hydrogen) atoms. The molecule has 0 aromatic heterocycles. The lowest BCUT2D eigenvalue weighted by Gasteiger charge is -2.12. The van der Waals surface area contributed by atoms with Crippen molar-refractivity contribution in [3.8, 4) is 5.75 Å². The van der Waals surface area contributed by atoms with E-state index in [0.717, 1.165) is 10.0 Å². The summed E-state index contributed by atoms with van der Waals surface area (Å²) in [6, 6.07) is 14.3. The van der Waals surface area contributed by atoms with Gasteiger partial charge in [0, 0.05) is 4.47 Å². The topological polar surface area (TPSA) is 79.5 Å². The molecule has 0 radical (unpaired) electrons. The number of hydrazine groups is 1. The van der Waals surface area contributed by atoms with Crippen molar-refractivity contribution in [2.24, 2.45) is 0 Å². The van der Waals surface area contributed by atoms with Crippen LogP contribution in [0.2, 0.25) is 0 Å². The van der Waals surface area contributed by atoms with Gasteiger partial charge in [-0.3, -0.25) is 25.8 Å². The van der Waals surface area contributed by atoms with Crippen molar-refractivity contribution < 1.29 is 14.3 Å². The minimum Gasteiger partial charge on any atom is -0.496 e. The summed E-state index contributed by atoms with van der Waals surface area (Å²) < 4.78 is 5.88. The number of carbonyl (C=O) groups is 2. The zero-order valence-corrected chi connectivity index (χ0v) is 15.7. The molecule has 0 spiro atoms. The molecule has 2 aromatic rings. The first-order valence-corrected chi connectivity index (χ1v) is 8.47. The molecule has 6 nitrogen and oxygen atoms in total. The van der Waals surface area contributed by atoms with Crippen molar-refractivity contribution in [1.82, 2.24) is 16.2 Å². The smallest absolute Gasteiger partial charge is 0.261 e. The fraction of sp³-hybridized carbons (Fsp3) is 0.118. The van der Waals surface area contributed by atoms with Crippen LogP contribution in [0.3, 0.4) is 0 Å². The van der Waals surface area contributed by atoms with Gasteiger partial charge in [-0.25, -0.2) is 0 Å². The number of hydrogen-bond donors (Lipinski definition) is 3. The third-order valence-corrected chi connectivity index (χ3v) is 3.85. The molecule has 0 fully saturated rings. The minimum atomic E-state index is -0.451. The van der Waals surface area contributed by atoms with Crippen LogP contribution in [-0.2, 0) is 11.2 Å². The van der Waals surface area contributed by atoms with Crippen LogP contribution in [-0.4, -0.2) is 24.0 Å². The van der Waals surface area contributed by atoms with Crippen LogP contribution in [0.1, 0.15) is 15.9 Å². The molecule has 0 unspecified atom stereocenters. The van der Waals surface area contributed by atoms with Crippen LogP contribution >= 0.6 is 28.1 Å². The molecule has 8 heteroatoms. The highest BCUT2D eigenvalue weighted by molar-refractivity contribution is 9.10. The zero-order chi connectivity index (χ0) is 18.2. The molecule has 0 aliphatic rings. The number of benzene rings is 2. The predicted molar refractivity (Wildman–Crippen MR) is 102 cm³/mol. The molecule has 130 valence electrons. The van der Waals surface area contributed by atoms with E-state index in [2.05, 4.69) is 32.1 Å². The van der Waals surface area contributed by atoms with Gasteiger partial charge in [-0.1, -0.05) is 46.3 Å². The summed E-state index contributed by atoms with van der Waals surface area (Å²) >= 11 is 8.32. The van der Waals surface area contributed by atoms with Gasteiger partial charge in [0.25, 0.3) is 5.91 Å². The van der Waals surface area contributed by atoms with E-state index < -0.39 is 5.91 Å². The number of rotatable bonds is 4. The molecule has 0 heterocycles. The largest absolute Gasteiger partial charge is 0.496 e. The second-order valence-electron chi connectivity index (χ2n) is 4.96. The van der Waals surface area contributed by atoms with E-state index in [4.69, 9.17) is 17.0 Å². The fourth-order valence-corrected chi connectivity index (χ4v) is 2.52. The second kappa shape index (κ2) is 9.14. The number of halogens is 1. The van der Waals surface area contributed by atoms with Crippen LogP contribution < -0.4 is 20.9 Å². The number of amides is 2. The summed E-state index contributed by atoms with van der Waals surface area (Å²) in [6.07, 6.45) is 0.198. The van der Waals surface area contributed by atoms with Crippen molar-refractivity contribution >= 4 is 45.1 Å². The van der Waals surface area contributed by atoms with Crippen LogP contribution in [0.25, 0.3) is 0 Å². The first-order chi connectivity index (χ1) is 12.0. The fourth-order valence-electron chi connectivity index (χ4n) is 2.01. The van der Waals surface area contributed by atoms with E-state index in [-0.39, 0.29) is 17.4 Å². The number of ether oxygens (including phenoxy) is 1. The zero-order valence-electron chi connectivity index (χ0n) is 13.3. The van der Waals surface area contributed by atoms with Gasteiger partial charge in [0.15, 0.2) is 5.11 Å². The third-order valence-electron chi connectivity index (χ3n) is 3.16. The third kappa shape index (κ3) is 5.84. The number of carbonyl (C=O) groups excluding carboxylic acids is 2. The van der Waals surface area contributed by atoms with E-state index in [1.54, 1.807) is 18.2 Å². The maximum absolute atomic E-state index is 12.3. The lowest BCUT2D eigenvalue weighted by molar-refractivity contribution is -0.121. The van der Waals surface area contributed by atoms with E-state index >= 15 is 0 Å². The molecule has 0 aliphatic heterocycles. The van der Waals surface area contributed by atoms with Crippen LogP contribution in [0.15, 0.2) is 53.0 Å². The first-order valence-electron chi connectivity index (χ1n) is 7.27. The standard InChI is InChI=1S/C17H16BrN3O3S/c1-24-14-8-7-12(18)10-13(14)16(23)19-17(25)21-20-15(22)9-11-5-3-2-4-6-11/h2-8,10H,9H2,1H3,(H,20,22)(H2,19,21,23,25). The highest BCUT2D eigenvalue weighted by Crippen LogP contribution is 2.22. The Morgan fingerprint density at radius 1 is 1.12 bits per heavy atom. The van der Waals surface area contributed by atoms with Crippen LogP contribution in [0.5, 0.6) is 5.75 Å². The summed E-state index contributed by atoms with van der Waals surface area (Å²) in [7, 11) is 1.47. The van der Waals surface area contributed by atoms with Gasteiger partial charge in [-0.15, -0.1) is 0 Å². The number of nitrogens with one attached hydrogen (secondary N) is 3. The highest BCUT2D eigenvalue weighted by Gasteiger charge is 2.14. The van der Waals surface area contributed by atoms with E-state index in [1.165, 1.54) is 7.11 Å². The molecule has 0 saturated heterocycles. The molecular weight excluding hydrogens is 406 g/mol. The molecule has 0 saturated carbocycles. The van der Waals surface area contributed by atoms with Crippen molar-refractivity contribution in [2.75, 3.05) is 7.11 Å². The average molecular weight is 422 g/mol. The van der Waals surface area contributed by atoms with Gasteiger partial charge in [0.05, 0.1) is 19.1 Å². The predicted octanol–water partition coefficient (Wildman–Crippen LogP) is 2.34. The summed E-state index contributed by atoms with van der Waals surface area (Å²) in [5, 5.41) is 2.46. The Bertz CT molecular complexity index is 784. The number of methoxy groups -OCH3 is 1. The molecule has 0 atom stereocenters. The molecule has 2 rings (SSSR count). The quantitative estimate of drug-likeness (QED) is 0.521. The lowest BCUT2D eigenvalue weighted by Crippen LogP contribution is -2.48. The van der Waals surface area contributed by atoms with Gasteiger partial charge < -0.3 is 4.74 Å². The molecule has 2 amide bonds. The summed E-state index contributed by atoms with van der Waals surface area (Å²) in [6.45, 7) is 0. The highest BCUT2D eigenvalue weighted by atomic mass is 79.9. The van der Waals surface area contributed by atoms with Crippen LogP contribution in [0, 0.1) is 0 Å². The maximum Gasteiger partial charge on any atom is 0.261 e. The van der Waals surface area contributed by atoms with Crippen molar-refractivity contribution in [2.45, 2.75) is 6.42 Å². The SMILES string of the molecule is COc1ccc(Br)cc1C(=O)NC(=S)NNC(=O)Cc1ccccc1. The summed E-state index contributed by atoms with van der Waals surface area (Å²) in [5.74, 6) is -0.313. The maximum atomic E-state index is 12.3. The Labute approximate surface area is 159 Å². The Morgan fingerprint density at radius 2 is 1.84 bits per heavy atom. The molecular formula is C17H16BrN3O3S. The summed E-state index contributed by atoms with van der Waals surface area (Å²) in [4.78, 5) is 24.1. The van der Waals surface area contributed by atoms with Crippen molar-refractivity contribution in [3.63, 3.8) is 0 Å². The Morgan fingerprint density at radius 3 is 2.52 bits per heavy atom. The molecule has 0 bridgehead atoms. The average Bonchev–Trinajstić information content (AvgIpc) is 2.60. The normalized spacial score (nSPS) is 9.84. The van der Waals surface area contributed by atoms with Gasteiger partial charge in [0.2, 0.25) is 5.91 Å². The monoisotopic (exact) mass is 421 g/mol. The van der Waals surface area contributed by atoms with Gasteiger partial charge >= 0.3 is 0 Å². The van der Waals surface area contributed by atoms with Crippen molar-refractivity contribution in [3.05, 3.63) is 64.1 Å².